The lowest BCUT2D eigenvalue weighted by atomic mass is 10.0. The van der Waals surface area contributed by atoms with Crippen LogP contribution in [-0.4, -0.2) is 10.7 Å². The van der Waals surface area contributed by atoms with Crippen LogP contribution in [0.2, 0.25) is 0 Å². The summed E-state index contributed by atoms with van der Waals surface area (Å²) in [5.41, 5.74) is 20.9. The lowest BCUT2D eigenvalue weighted by Crippen LogP contribution is -2.04. The van der Waals surface area contributed by atoms with E-state index < -0.39 is 0 Å². The van der Waals surface area contributed by atoms with E-state index in [-0.39, 0.29) is 0 Å². The summed E-state index contributed by atoms with van der Waals surface area (Å²) in [6.07, 6.45) is 2.98. The molecule has 0 atom stereocenters. The highest BCUT2D eigenvalue weighted by Gasteiger charge is 2.18. The Bertz CT molecular complexity index is 2710. The number of nitrogens with zero attached hydrogens (tertiary/aromatic N) is 1. The van der Waals surface area contributed by atoms with E-state index in [4.69, 9.17) is 15.1 Å². The maximum atomic E-state index is 6.57. The molecule has 0 unspecified atom stereocenters. The topological polar surface area (TPSA) is 67.3 Å². The molecule has 10 rings (SSSR count). The number of rotatable bonds is 5. The van der Waals surface area contributed by atoms with Crippen LogP contribution in [0.25, 0.3) is 60.6 Å². The lowest BCUT2D eigenvalue weighted by Gasteiger charge is -2.08. The van der Waals surface area contributed by atoms with E-state index in [0.717, 1.165) is 45.2 Å². The van der Waals surface area contributed by atoms with Crippen molar-refractivity contribution >= 4 is 55.2 Å². The zero-order valence-corrected chi connectivity index (χ0v) is 28.0. The minimum atomic E-state index is 0.563. The number of aromatic amines is 1. The van der Waals surface area contributed by atoms with E-state index in [1.165, 1.54) is 49.6 Å². The smallest absolute Gasteiger partial charge is 0.135 e. The number of hydrogen-bond acceptors (Lipinski definition) is 3. The fourth-order valence-corrected chi connectivity index (χ4v) is 7.21. The molecule has 0 aliphatic heterocycles. The Labute approximate surface area is 296 Å². The summed E-state index contributed by atoms with van der Waals surface area (Å²) in [5, 5.41) is 4.78. The quantitative estimate of drug-likeness (QED) is 0.181. The second kappa shape index (κ2) is 13.0. The third-order valence-electron chi connectivity index (χ3n) is 9.78. The van der Waals surface area contributed by atoms with Crippen LogP contribution in [0.1, 0.15) is 27.8 Å². The molecule has 244 valence electrons. The second-order valence-electron chi connectivity index (χ2n) is 13.0. The number of benzene rings is 7. The number of aromatic nitrogens is 1. The molecule has 2 heterocycles. The molecule has 1 aliphatic carbocycles. The van der Waals surface area contributed by atoms with E-state index in [1.54, 1.807) is 0 Å². The fraction of sp³-hybridized carbons (Fsp3) is 0.0426. The van der Waals surface area contributed by atoms with Gasteiger partial charge in [0.05, 0.1) is 12.3 Å². The number of furan rings is 1. The van der Waals surface area contributed by atoms with Crippen molar-refractivity contribution in [1.82, 2.24) is 4.98 Å². The first-order chi connectivity index (χ1) is 25.2. The van der Waals surface area contributed by atoms with Crippen LogP contribution < -0.4 is 5.73 Å². The first-order valence-electron chi connectivity index (χ1n) is 17.3. The highest BCUT2D eigenvalue weighted by Crippen LogP contribution is 2.37. The Hall–Kier alpha value is -6.65. The van der Waals surface area contributed by atoms with E-state index in [9.17, 15) is 0 Å². The third-order valence-corrected chi connectivity index (χ3v) is 9.78. The van der Waals surface area contributed by atoms with Crippen molar-refractivity contribution in [3.8, 4) is 11.1 Å². The van der Waals surface area contributed by atoms with Crippen LogP contribution in [0.4, 0.5) is 0 Å². The minimum Gasteiger partial charge on any atom is -0.456 e. The molecule has 0 saturated heterocycles. The second-order valence-corrected chi connectivity index (χ2v) is 13.0. The van der Waals surface area contributed by atoms with Gasteiger partial charge < -0.3 is 15.1 Å². The Morgan fingerprint density at radius 2 is 1.22 bits per heavy atom. The molecule has 0 radical (unpaired) electrons. The summed E-state index contributed by atoms with van der Waals surface area (Å²) in [6.45, 7) is 0.563. The first kappa shape index (κ1) is 30.4. The van der Waals surface area contributed by atoms with Crippen molar-refractivity contribution < 1.29 is 4.42 Å². The molecule has 0 saturated carbocycles. The van der Waals surface area contributed by atoms with Crippen LogP contribution in [0, 0.1) is 0 Å². The van der Waals surface area contributed by atoms with Crippen LogP contribution in [0.5, 0.6) is 0 Å². The molecule has 0 spiro atoms. The molecule has 0 amide bonds. The number of nitrogens with two attached hydrogens (primary N) is 1. The van der Waals surface area contributed by atoms with Crippen LogP contribution in [0.15, 0.2) is 179 Å². The zero-order chi connectivity index (χ0) is 34.1. The van der Waals surface area contributed by atoms with Gasteiger partial charge in [0.15, 0.2) is 0 Å². The molecule has 2 aromatic heterocycles. The standard InChI is InChI=1S/C35H26N2O.C12H9N/c36-32(24-8-2-1-3-9-24)21-33(27-16-17-35-31(20-27)29-12-6-7-13-34(29)38-35)37-22-23-14-15-26-19-25-10-4-5-11-28(25)30(26)18-23;1-3-7-11-9(5-1)10-6-2-4-8-12(10)13-11/h1-18,20-21H,19,22,36H2;1-8,13H/b32-21-,37-33?;. The van der Waals surface area contributed by atoms with Crippen molar-refractivity contribution in [2.45, 2.75) is 13.0 Å². The summed E-state index contributed by atoms with van der Waals surface area (Å²) in [7, 11) is 0. The molecular formula is C47H35N3O. The van der Waals surface area contributed by atoms with Crippen molar-refractivity contribution in [3.63, 3.8) is 0 Å². The number of hydrogen-bond donors (Lipinski definition) is 2. The number of fused-ring (bicyclic) bond motifs is 9. The van der Waals surface area contributed by atoms with Gasteiger partial charge in [0, 0.05) is 43.8 Å². The summed E-state index contributed by atoms with van der Waals surface area (Å²) in [4.78, 5) is 8.49. The number of nitrogens with one attached hydrogen (secondary N) is 1. The van der Waals surface area contributed by atoms with Crippen LogP contribution in [-0.2, 0) is 13.0 Å². The molecule has 4 heteroatoms. The van der Waals surface area contributed by atoms with Crippen LogP contribution in [0.3, 0.4) is 0 Å². The largest absolute Gasteiger partial charge is 0.456 e. The van der Waals surface area contributed by atoms with E-state index in [0.29, 0.717) is 12.2 Å². The van der Waals surface area contributed by atoms with Gasteiger partial charge in [-0.2, -0.15) is 0 Å². The van der Waals surface area contributed by atoms with Gasteiger partial charge in [0.1, 0.15) is 11.2 Å². The molecular weight excluding hydrogens is 623 g/mol. The predicted octanol–water partition coefficient (Wildman–Crippen LogP) is 11.5. The zero-order valence-electron chi connectivity index (χ0n) is 28.0. The van der Waals surface area contributed by atoms with E-state index >= 15 is 0 Å². The Balaban J connectivity index is 0.000000223. The van der Waals surface area contributed by atoms with Gasteiger partial charge in [-0.1, -0.05) is 121 Å². The van der Waals surface area contributed by atoms with Gasteiger partial charge >= 0.3 is 0 Å². The maximum absolute atomic E-state index is 6.57. The third kappa shape index (κ3) is 5.87. The fourth-order valence-electron chi connectivity index (χ4n) is 7.21. The number of aliphatic imine (C=N–C) groups is 1. The predicted molar refractivity (Wildman–Crippen MR) is 213 cm³/mol. The van der Waals surface area contributed by atoms with Gasteiger partial charge in [-0.25, -0.2) is 0 Å². The molecule has 1 aliphatic rings. The van der Waals surface area contributed by atoms with Gasteiger partial charge in [-0.05, 0) is 88.3 Å². The summed E-state index contributed by atoms with van der Waals surface area (Å²) in [6, 6.07) is 56.6. The van der Waals surface area contributed by atoms with Gasteiger partial charge in [0.25, 0.3) is 0 Å². The van der Waals surface area contributed by atoms with E-state index in [2.05, 4.69) is 114 Å². The normalized spacial score (nSPS) is 12.6. The highest BCUT2D eigenvalue weighted by molar-refractivity contribution is 6.15. The Kier molecular flexibility index (Phi) is 7.75. The average molecular weight is 658 g/mol. The van der Waals surface area contributed by atoms with Crippen molar-refractivity contribution in [2.24, 2.45) is 10.7 Å². The molecule has 3 N–H and O–H groups in total. The molecule has 0 fully saturated rings. The van der Waals surface area contributed by atoms with Crippen molar-refractivity contribution in [1.29, 1.82) is 0 Å². The first-order valence-corrected chi connectivity index (χ1v) is 17.3. The summed E-state index contributed by atoms with van der Waals surface area (Å²) < 4.78 is 6.06. The van der Waals surface area contributed by atoms with Crippen LogP contribution >= 0.6 is 0 Å². The number of H-pyrrole nitrogens is 1. The lowest BCUT2D eigenvalue weighted by molar-refractivity contribution is 0.669. The average Bonchev–Trinajstić information content (AvgIpc) is 3.88. The number of para-hydroxylation sites is 3. The Morgan fingerprint density at radius 3 is 2.02 bits per heavy atom. The summed E-state index contributed by atoms with van der Waals surface area (Å²) in [5.74, 6) is 0. The summed E-state index contributed by atoms with van der Waals surface area (Å²) >= 11 is 0. The van der Waals surface area contributed by atoms with Crippen molar-refractivity contribution in [3.05, 3.63) is 198 Å². The molecule has 51 heavy (non-hydrogen) atoms. The van der Waals surface area contributed by atoms with Gasteiger partial charge in [-0.15, -0.1) is 0 Å². The highest BCUT2D eigenvalue weighted by atomic mass is 16.3. The minimum absolute atomic E-state index is 0.563. The van der Waals surface area contributed by atoms with Gasteiger partial charge in [-0.3, -0.25) is 4.99 Å². The number of allylic oxidation sites excluding steroid dienone is 1. The maximum Gasteiger partial charge on any atom is 0.135 e. The Morgan fingerprint density at radius 1 is 0.569 bits per heavy atom. The van der Waals surface area contributed by atoms with E-state index in [1.807, 2.05) is 60.7 Å². The monoisotopic (exact) mass is 657 g/mol. The van der Waals surface area contributed by atoms with Crippen molar-refractivity contribution in [2.75, 3.05) is 0 Å². The SMILES string of the molecule is N/C(=C\C(=NCc1ccc2c(c1)-c1ccccc1C2)c1ccc2oc3ccccc3c2c1)c1ccccc1.c1ccc2c(c1)[nH]c1ccccc12. The molecule has 7 aromatic carbocycles. The molecule has 0 bridgehead atoms. The van der Waals surface area contributed by atoms with Gasteiger partial charge in [0.2, 0.25) is 0 Å². The molecule has 9 aromatic rings. The molecule has 4 nitrogen and oxygen atoms in total.